The van der Waals surface area contributed by atoms with Crippen molar-refractivity contribution in [3.05, 3.63) is 27.8 Å². The molecule has 0 unspecified atom stereocenters. The fourth-order valence-corrected chi connectivity index (χ4v) is 1.23. The molecule has 0 bridgehead atoms. The molecule has 0 aliphatic carbocycles. The molecule has 76 valence electrons. The zero-order chi connectivity index (χ0) is 10.7. The average molecular weight is 257 g/mol. The minimum absolute atomic E-state index is 0.00224. The van der Waals surface area contributed by atoms with Crippen molar-refractivity contribution in [2.75, 3.05) is 0 Å². The zero-order valence-corrected chi connectivity index (χ0v) is 8.92. The van der Waals surface area contributed by atoms with Gasteiger partial charge in [-0.2, -0.15) is 0 Å². The standard InChI is InChI=1S/C7H4Cl3FN2O/c8-5-3(2-12-7(10)14)1-4(11)6(9)13-5/h1H,2H2,(H,12,14). The van der Waals surface area contributed by atoms with Gasteiger partial charge in [-0.05, 0) is 17.7 Å². The van der Waals surface area contributed by atoms with Crippen LogP contribution in [-0.4, -0.2) is 10.4 Å². The van der Waals surface area contributed by atoms with E-state index in [-0.39, 0.29) is 16.9 Å². The van der Waals surface area contributed by atoms with Gasteiger partial charge >= 0.3 is 5.37 Å². The summed E-state index contributed by atoms with van der Waals surface area (Å²) in [6, 6.07) is 1.09. The summed E-state index contributed by atoms with van der Waals surface area (Å²) in [7, 11) is 0. The molecular formula is C7H4Cl3FN2O. The second kappa shape index (κ2) is 4.77. The Labute approximate surface area is 94.2 Å². The molecule has 0 saturated carbocycles. The van der Waals surface area contributed by atoms with Crippen molar-refractivity contribution in [3.63, 3.8) is 0 Å². The van der Waals surface area contributed by atoms with Crippen molar-refractivity contribution in [1.29, 1.82) is 0 Å². The van der Waals surface area contributed by atoms with Gasteiger partial charge in [-0.1, -0.05) is 23.2 Å². The van der Waals surface area contributed by atoms with E-state index in [0.29, 0.717) is 5.56 Å². The molecule has 0 radical (unpaired) electrons. The lowest BCUT2D eigenvalue weighted by Crippen LogP contribution is -2.16. The molecule has 1 aromatic rings. The van der Waals surface area contributed by atoms with Crippen LogP contribution in [0.25, 0.3) is 0 Å². The van der Waals surface area contributed by atoms with Gasteiger partial charge < -0.3 is 5.32 Å². The van der Waals surface area contributed by atoms with E-state index in [9.17, 15) is 9.18 Å². The third-order valence-corrected chi connectivity index (χ3v) is 2.10. The summed E-state index contributed by atoms with van der Waals surface area (Å²) < 4.78 is 12.9. The average Bonchev–Trinajstić information content (AvgIpc) is 2.09. The molecular weight excluding hydrogens is 253 g/mol. The second-order valence-corrected chi connectivity index (χ2v) is 3.40. The maximum absolute atomic E-state index is 12.9. The van der Waals surface area contributed by atoms with Gasteiger partial charge in [0.15, 0.2) is 11.0 Å². The Kier molecular flexibility index (Phi) is 3.92. The van der Waals surface area contributed by atoms with Crippen LogP contribution in [0.4, 0.5) is 9.18 Å². The molecule has 1 aromatic heterocycles. The maximum atomic E-state index is 12.9. The summed E-state index contributed by atoms with van der Waals surface area (Å²) >= 11 is 16.0. The van der Waals surface area contributed by atoms with Crippen molar-refractivity contribution in [2.24, 2.45) is 0 Å². The van der Waals surface area contributed by atoms with Crippen molar-refractivity contribution >= 4 is 40.2 Å². The van der Waals surface area contributed by atoms with Gasteiger partial charge in [0.2, 0.25) is 0 Å². The Bertz CT molecular complexity index is 372. The van der Waals surface area contributed by atoms with Gasteiger partial charge in [-0.3, -0.25) is 4.79 Å². The fraction of sp³-hybridized carbons (Fsp3) is 0.143. The van der Waals surface area contributed by atoms with Gasteiger partial charge in [-0.15, -0.1) is 0 Å². The highest BCUT2D eigenvalue weighted by atomic mass is 35.5. The Balaban J connectivity index is 2.87. The molecule has 14 heavy (non-hydrogen) atoms. The van der Waals surface area contributed by atoms with Crippen molar-refractivity contribution in [2.45, 2.75) is 6.54 Å². The van der Waals surface area contributed by atoms with Crippen LogP contribution in [-0.2, 0) is 6.54 Å². The summed E-state index contributed by atoms with van der Waals surface area (Å²) in [6.45, 7) is 0.00224. The number of halogens is 4. The molecule has 0 aromatic carbocycles. The highest BCUT2D eigenvalue weighted by Gasteiger charge is 2.09. The largest absolute Gasteiger partial charge is 0.338 e. The lowest BCUT2D eigenvalue weighted by atomic mass is 10.3. The third-order valence-electron chi connectivity index (χ3n) is 1.38. The van der Waals surface area contributed by atoms with Crippen LogP contribution in [0.5, 0.6) is 0 Å². The number of hydrogen-bond acceptors (Lipinski definition) is 2. The topological polar surface area (TPSA) is 42.0 Å². The molecule has 3 nitrogen and oxygen atoms in total. The van der Waals surface area contributed by atoms with Crippen molar-refractivity contribution < 1.29 is 9.18 Å². The first-order valence-corrected chi connectivity index (χ1v) is 4.58. The zero-order valence-electron chi connectivity index (χ0n) is 6.65. The Morgan fingerprint density at radius 2 is 2.14 bits per heavy atom. The van der Waals surface area contributed by atoms with Gasteiger partial charge in [0.1, 0.15) is 5.15 Å². The molecule has 1 rings (SSSR count). The predicted octanol–water partition coefficient (Wildman–Crippen LogP) is 2.98. The molecule has 1 amide bonds. The molecule has 0 saturated heterocycles. The Morgan fingerprint density at radius 1 is 1.50 bits per heavy atom. The number of nitrogens with zero attached hydrogens (tertiary/aromatic N) is 1. The van der Waals surface area contributed by atoms with E-state index in [1.807, 2.05) is 0 Å². The van der Waals surface area contributed by atoms with Crippen LogP contribution in [0.3, 0.4) is 0 Å². The first-order valence-electron chi connectivity index (χ1n) is 3.44. The SMILES string of the molecule is O=C(Cl)NCc1cc(F)c(Cl)nc1Cl. The van der Waals surface area contributed by atoms with Gasteiger partial charge in [-0.25, -0.2) is 9.37 Å². The lowest BCUT2D eigenvalue weighted by Gasteiger charge is -2.04. The van der Waals surface area contributed by atoms with E-state index in [0.717, 1.165) is 6.07 Å². The normalized spacial score (nSPS) is 10.0. The number of pyridine rings is 1. The maximum Gasteiger partial charge on any atom is 0.314 e. The van der Waals surface area contributed by atoms with E-state index < -0.39 is 11.2 Å². The van der Waals surface area contributed by atoms with Crippen LogP contribution >= 0.6 is 34.8 Å². The number of hydrogen-bond donors (Lipinski definition) is 1. The molecule has 0 atom stereocenters. The van der Waals surface area contributed by atoms with Crippen LogP contribution < -0.4 is 5.32 Å². The molecule has 7 heteroatoms. The molecule has 1 heterocycles. The number of carbonyl (C=O) groups excluding carboxylic acids is 1. The van der Waals surface area contributed by atoms with Gasteiger partial charge in [0, 0.05) is 12.1 Å². The lowest BCUT2D eigenvalue weighted by molar-refractivity contribution is 0.259. The van der Waals surface area contributed by atoms with Crippen LogP contribution in [0.2, 0.25) is 10.3 Å². The van der Waals surface area contributed by atoms with E-state index in [1.165, 1.54) is 0 Å². The van der Waals surface area contributed by atoms with Crippen molar-refractivity contribution in [3.8, 4) is 0 Å². The number of rotatable bonds is 2. The number of amides is 1. The number of nitrogens with one attached hydrogen (secondary N) is 1. The summed E-state index contributed by atoms with van der Waals surface area (Å²) in [4.78, 5) is 13.9. The summed E-state index contributed by atoms with van der Waals surface area (Å²) in [5.74, 6) is -0.699. The van der Waals surface area contributed by atoms with E-state index in [4.69, 9.17) is 34.8 Å². The smallest absolute Gasteiger partial charge is 0.314 e. The van der Waals surface area contributed by atoms with Crippen molar-refractivity contribution in [1.82, 2.24) is 10.3 Å². The Morgan fingerprint density at radius 3 is 2.71 bits per heavy atom. The first kappa shape index (κ1) is 11.5. The highest BCUT2D eigenvalue weighted by Crippen LogP contribution is 2.19. The minimum Gasteiger partial charge on any atom is -0.338 e. The van der Waals surface area contributed by atoms with E-state index in [2.05, 4.69) is 10.3 Å². The quantitative estimate of drug-likeness (QED) is 0.503. The molecule has 0 aliphatic heterocycles. The molecule has 1 N–H and O–H groups in total. The fourth-order valence-electron chi connectivity index (χ4n) is 0.772. The van der Waals surface area contributed by atoms with Crippen LogP contribution in [0.15, 0.2) is 6.07 Å². The number of carbonyl (C=O) groups is 1. The van der Waals surface area contributed by atoms with Gasteiger partial charge in [0.05, 0.1) is 0 Å². The third kappa shape index (κ3) is 2.97. The summed E-state index contributed by atoms with van der Waals surface area (Å²) in [5.41, 5.74) is 0.308. The molecule has 0 aliphatic rings. The number of aromatic nitrogens is 1. The minimum atomic E-state index is -0.753. The second-order valence-electron chi connectivity index (χ2n) is 2.34. The predicted molar refractivity (Wildman–Crippen MR) is 52.3 cm³/mol. The monoisotopic (exact) mass is 256 g/mol. The molecule has 0 spiro atoms. The van der Waals surface area contributed by atoms with E-state index in [1.54, 1.807) is 0 Å². The van der Waals surface area contributed by atoms with Crippen LogP contribution in [0.1, 0.15) is 5.56 Å². The Hall–Kier alpha value is -0.580. The summed E-state index contributed by atoms with van der Waals surface area (Å²) in [6.07, 6.45) is 0. The highest BCUT2D eigenvalue weighted by molar-refractivity contribution is 6.62. The first-order chi connectivity index (χ1) is 6.50. The van der Waals surface area contributed by atoms with E-state index >= 15 is 0 Å². The van der Waals surface area contributed by atoms with Crippen LogP contribution in [0, 0.1) is 5.82 Å². The van der Waals surface area contributed by atoms with Gasteiger partial charge in [0.25, 0.3) is 0 Å². The summed E-state index contributed by atoms with van der Waals surface area (Å²) in [5, 5.41) is 1.21. The molecule has 0 fully saturated rings.